The Hall–Kier alpha value is -0.660. The molecule has 0 aromatic rings. The molecule has 1 saturated heterocycles. The molecular weight excluding hydrogens is 148 g/mol. The van der Waals surface area contributed by atoms with Crippen molar-refractivity contribution in [2.75, 3.05) is 26.7 Å². The number of rotatable bonds is 2. The fourth-order valence-corrected chi connectivity index (χ4v) is 1.59. The van der Waals surface area contributed by atoms with Gasteiger partial charge < -0.3 is 9.80 Å². The van der Waals surface area contributed by atoms with E-state index in [1.807, 2.05) is 0 Å². The van der Waals surface area contributed by atoms with Gasteiger partial charge in [-0.05, 0) is 18.9 Å². The van der Waals surface area contributed by atoms with Crippen molar-refractivity contribution in [3.63, 3.8) is 0 Å². The number of likely N-dealkylation sites (N-methyl/N-ethyl adjacent to an activating group) is 2. The number of nitrogens with zero attached hydrogens (tertiary/aromatic N) is 2. The first-order chi connectivity index (χ1) is 5.65. The highest BCUT2D eigenvalue weighted by atomic mass is 15.4. The molecule has 0 spiro atoms. The lowest BCUT2D eigenvalue weighted by molar-refractivity contribution is 0.376. The molecule has 1 rings (SSSR count). The van der Waals surface area contributed by atoms with E-state index in [9.17, 15) is 0 Å². The van der Waals surface area contributed by atoms with Gasteiger partial charge in [-0.1, -0.05) is 13.8 Å². The Morgan fingerprint density at radius 1 is 1.42 bits per heavy atom. The maximum atomic E-state index is 2.43. The predicted molar refractivity (Wildman–Crippen MR) is 52.8 cm³/mol. The van der Waals surface area contributed by atoms with Crippen molar-refractivity contribution in [2.24, 2.45) is 5.92 Å². The summed E-state index contributed by atoms with van der Waals surface area (Å²) in [5, 5.41) is 0. The minimum atomic E-state index is 0.648. The molecule has 0 atom stereocenters. The zero-order chi connectivity index (χ0) is 9.14. The summed E-state index contributed by atoms with van der Waals surface area (Å²) >= 11 is 0. The molecule has 70 valence electrons. The molecule has 0 unspecified atom stereocenters. The van der Waals surface area contributed by atoms with E-state index in [-0.39, 0.29) is 0 Å². The fourth-order valence-electron chi connectivity index (χ4n) is 1.59. The summed E-state index contributed by atoms with van der Waals surface area (Å²) in [6, 6.07) is 0. The van der Waals surface area contributed by atoms with Gasteiger partial charge in [-0.25, -0.2) is 0 Å². The van der Waals surface area contributed by atoms with Crippen molar-refractivity contribution >= 4 is 0 Å². The summed E-state index contributed by atoms with van der Waals surface area (Å²) in [6.45, 7) is 10.2. The largest absolute Gasteiger partial charge is 0.360 e. The second-order valence-electron chi connectivity index (χ2n) is 3.77. The topological polar surface area (TPSA) is 6.48 Å². The molecule has 0 amide bonds. The monoisotopic (exact) mass is 168 g/mol. The van der Waals surface area contributed by atoms with E-state index in [0.717, 1.165) is 6.54 Å². The van der Waals surface area contributed by atoms with Gasteiger partial charge in [-0.2, -0.15) is 0 Å². The van der Waals surface area contributed by atoms with Gasteiger partial charge >= 0.3 is 0 Å². The number of hydrogen-bond acceptors (Lipinski definition) is 2. The Balaban J connectivity index is 2.69. The van der Waals surface area contributed by atoms with Crippen LogP contribution in [-0.2, 0) is 0 Å². The van der Waals surface area contributed by atoms with Crippen LogP contribution >= 0.6 is 0 Å². The Kier molecular flexibility index (Phi) is 3.01. The lowest BCUT2D eigenvalue weighted by atomic mass is 10.2. The lowest BCUT2D eigenvalue weighted by Gasteiger charge is -2.21. The molecule has 0 aliphatic carbocycles. The molecular formula is C10H20N2. The highest BCUT2D eigenvalue weighted by molar-refractivity contribution is 5.05. The Morgan fingerprint density at radius 2 is 2.08 bits per heavy atom. The molecule has 12 heavy (non-hydrogen) atoms. The molecule has 2 heteroatoms. The molecule has 1 aliphatic rings. The smallest absolute Gasteiger partial charge is 0.0999 e. The van der Waals surface area contributed by atoms with Crippen molar-refractivity contribution in [3.8, 4) is 0 Å². The average molecular weight is 168 g/mol. The van der Waals surface area contributed by atoms with E-state index in [0.29, 0.717) is 5.92 Å². The van der Waals surface area contributed by atoms with Crippen LogP contribution in [0.2, 0.25) is 0 Å². The van der Waals surface area contributed by atoms with E-state index in [1.165, 1.54) is 18.9 Å². The highest BCUT2D eigenvalue weighted by Crippen LogP contribution is 2.17. The summed E-state index contributed by atoms with van der Waals surface area (Å²) in [7, 11) is 2.17. The molecule has 0 aromatic carbocycles. The summed E-state index contributed by atoms with van der Waals surface area (Å²) in [4.78, 5) is 4.77. The van der Waals surface area contributed by atoms with Crippen LogP contribution < -0.4 is 0 Å². The third-order valence-electron chi connectivity index (χ3n) is 2.28. The SMILES string of the molecule is CCN1CCN(C)/C1=C\C(C)C. The van der Waals surface area contributed by atoms with Crippen molar-refractivity contribution in [1.82, 2.24) is 9.80 Å². The van der Waals surface area contributed by atoms with Gasteiger partial charge in [0.15, 0.2) is 0 Å². The number of allylic oxidation sites excluding steroid dienone is 1. The normalized spacial score (nSPS) is 21.6. The molecule has 1 aliphatic heterocycles. The first kappa shape index (κ1) is 9.43. The Bertz CT molecular complexity index is 173. The Labute approximate surface area is 75.8 Å². The van der Waals surface area contributed by atoms with E-state index in [2.05, 4.69) is 43.7 Å². The first-order valence-corrected chi connectivity index (χ1v) is 4.83. The molecule has 0 bridgehead atoms. The van der Waals surface area contributed by atoms with E-state index in [1.54, 1.807) is 0 Å². The summed E-state index contributed by atoms with van der Waals surface area (Å²) in [6.07, 6.45) is 2.34. The van der Waals surface area contributed by atoms with Crippen LogP contribution in [0.3, 0.4) is 0 Å². The minimum Gasteiger partial charge on any atom is -0.360 e. The zero-order valence-electron chi connectivity index (χ0n) is 8.67. The first-order valence-electron chi connectivity index (χ1n) is 4.83. The van der Waals surface area contributed by atoms with Crippen LogP contribution in [0.25, 0.3) is 0 Å². The zero-order valence-corrected chi connectivity index (χ0v) is 8.67. The minimum absolute atomic E-state index is 0.648. The molecule has 0 aromatic heterocycles. The quantitative estimate of drug-likeness (QED) is 0.620. The van der Waals surface area contributed by atoms with Crippen LogP contribution in [-0.4, -0.2) is 36.5 Å². The Morgan fingerprint density at radius 3 is 2.58 bits per heavy atom. The second-order valence-corrected chi connectivity index (χ2v) is 3.77. The van der Waals surface area contributed by atoms with Crippen molar-refractivity contribution in [2.45, 2.75) is 20.8 Å². The van der Waals surface area contributed by atoms with Gasteiger partial charge in [0.1, 0.15) is 0 Å². The molecule has 1 fully saturated rings. The molecule has 2 nitrogen and oxygen atoms in total. The third kappa shape index (κ3) is 1.93. The molecule has 1 heterocycles. The maximum Gasteiger partial charge on any atom is 0.0999 e. The van der Waals surface area contributed by atoms with Crippen molar-refractivity contribution in [3.05, 3.63) is 11.9 Å². The summed E-state index contributed by atoms with van der Waals surface area (Å²) in [5.74, 6) is 2.06. The average Bonchev–Trinajstić information content (AvgIpc) is 2.32. The van der Waals surface area contributed by atoms with Gasteiger partial charge in [0.05, 0.1) is 5.82 Å². The molecule has 0 saturated carbocycles. The van der Waals surface area contributed by atoms with Gasteiger partial charge in [0.25, 0.3) is 0 Å². The third-order valence-corrected chi connectivity index (χ3v) is 2.28. The second kappa shape index (κ2) is 3.83. The van der Waals surface area contributed by atoms with E-state index >= 15 is 0 Å². The predicted octanol–water partition coefficient (Wildman–Crippen LogP) is 1.75. The van der Waals surface area contributed by atoms with Crippen LogP contribution in [0, 0.1) is 5.92 Å². The van der Waals surface area contributed by atoms with Crippen LogP contribution in [0.5, 0.6) is 0 Å². The maximum absolute atomic E-state index is 2.43. The van der Waals surface area contributed by atoms with Crippen LogP contribution in [0.1, 0.15) is 20.8 Å². The molecule has 0 radical (unpaired) electrons. The van der Waals surface area contributed by atoms with Crippen LogP contribution in [0.15, 0.2) is 11.9 Å². The van der Waals surface area contributed by atoms with Crippen LogP contribution in [0.4, 0.5) is 0 Å². The number of hydrogen-bond donors (Lipinski definition) is 0. The van der Waals surface area contributed by atoms with Gasteiger partial charge in [-0.3, -0.25) is 0 Å². The summed E-state index contributed by atoms with van der Waals surface area (Å²) in [5.41, 5.74) is 0. The fraction of sp³-hybridized carbons (Fsp3) is 0.800. The van der Waals surface area contributed by atoms with Gasteiger partial charge in [-0.15, -0.1) is 0 Å². The van der Waals surface area contributed by atoms with E-state index in [4.69, 9.17) is 0 Å². The van der Waals surface area contributed by atoms with Crippen molar-refractivity contribution in [1.29, 1.82) is 0 Å². The van der Waals surface area contributed by atoms with Gasteiger partial charge in [0.2, 0.25) is 0 Å². The van der Waals surface area contributed by atoms with E-state index < -0.39 is 0 Å². The standard InChI is InChI=1S/C10H20N2/c1-5-12-7-6-11(4)10(12)8-9(2)3/h8-9H,5-7H2,1-4H3/b10-8+. The lowest BCUT2D eigenvalue weighted by Crippen LogP contribution is -2.21. The highest BCUT2D eigenvalue weighted by Gasteiger charge is 2.19. The van der Waals surface area contributed by atoms with Gasteiger partial charge in [0, 0.05) is 26.7 Å². The molecule has 0 N–H and O–H groups in total. The summed E-state index contributed by atoms with van der Waals surface area (Å²) < 4.78 is 0. The van der Waals surface area contributed by atoms with Crippen molar-refractivity contribution < 1.29 is 0 Å².